The van der Waals surface area contributed by atoms with E-state index in [0.29, 0.717) is 10.6 Å². The van der Waals surface area contributed by atoms with E-state index >= 15 is 0 Å². The van der Waals surface area contributed by atoms with Crippen LogP contribution in [0, 0.1) is 6.92 Å². The third-order valence-corrected chi connectivity index (χ3v) is 2.16. The van der Waals surface area contributed by atoms with Gasteiger partial charge in [-0.25, -0.2) is 8.42 Å². The zero-order valence-corrected chi connectivity index (χ0v) is 7.80. The quantitative estimate of drug-likeness (QED) is 0.700. The molecule has 0 aliphatic rings. The standard InChI is InChI=1S/C8H10O3S/c1-6-3-7(11-2)5-8(4-6)12(9)10/h3-5,12H,1-2H3. The molecule has 0 radical (unpaired) electrons. The Balaban J connectivity index is 3.24. The number of thiol groups is 1. The molecule has 0 aliphatic carbocycles. The molecule has 0 saturated carbocycles. The Kier molecular flexibility index (Phi) is 2.70. The van der Waals surface area contributed by atoms with Crippen molar-refractivity contribution >= 4 is 10.7 Å². The van der Waals surface area contributed by atoms with Gasteiger partial charge in [-0.1, -0.05) is 0 Å². The summed E-state index contributed by atoms with van der Waals surface area (Å²) >= 11 is 0. The topological polar surface area (TPSA) is 43.4 Å². The lowest BCUT2D eigenvalue weighted by Crippen LogP contribution is -1.87. The molecule has 0 heterocycles. The minimum atomic E-state index is -2.51. The lowest BCUT2D eigenvalue weighted by molar-refractivity contribution is 0.413. The first-order chi connectivity index (χ1) is 5.63. The van der Waals surface area contributed by atoms with Crippen LogP contribution in [0.2, 0.25) is 0 Å². The molecule has 66 valence electrons. The molecule has 0 fully saturated rings. The Hall–Kier alpha value is -1.03. The molecule has 1 rings (SSSR count). The lowest BCUT2D eigenvalue weighted by Gasteiger charge is -2.01. The maximum absolute atomic E-state index is 10.6. The summed E-state index contributed by atoms with van der Waals surface area (Å²) in [6.07, 6.45) is 0. The van der Waals surface area contributed by atoms with Crippen LogP contribution in [0.4, 0.5) is 0 Å². The van der Waals surface area contributed by atoms with Crippen LogP contribution in [-0.4, -0.2) is 15.5 Å². The van der Waals surface area contributed by atoms with Gasteiger partial charge in [0.15, 0.2) is 10.7 Å². The fourth-order valence-electron chi connectivity index (χ4n) is 0.952. The molecular formula is C8H10O3S. The van der Waals surface area contributed by atoms with Crippen LogP contribution in [0.5, 0.6) is 5.75 Å². The third kappa shape index (κ3) is 1.98. The summed E-state index contributed by atoms with van der Waals surface area (Å²) < 4.78 is 26.1. The van der Waals surface area contributed by atoms with E-state index in [0.717, 1.165) is 5.56 Å². The van der Waals surface area contributed by atoms with Gasteiger partial charge in [0, 0.05) is 0 Å². The first-order valence-corrected chi connectivity index (χ1v) is 4.61. The molecule has 0 atom stereocenters. The maximum atomic E-state index is 10.6. The molecule has 0 N–H and O–H groups in total. The summed E-state index contributed by atoms with van der Waals surface area (Å²) in [4.78, 5) is 0.293. The van der Waals surface area contributed by atoms with Crippen molar-refractivity contribution in [3.63, 3.8) is 0 Å². The number of aryl methyl sites for hydroxylation is 1. The molecule has 3 nitrogen and oxygen atoms in total. The van der Waals surface area contributed by atoms with E-state index in [1.165, 1.54) is 13.2 Å². The monoisotopic (exact) mass is 186 g/mol. The summed E-state index contributed by atoms with van der Waals surface area (Å²) in [5, 5.41) is 0. The SMILES string of the molecule is COc1cc(C)cc([SH](=O)=O)c1. The summed E-state index contributed by atoms with van der Waals surface area (Å²) in [6.45, 7) is 1.82. The Morgan fingerprint density at radius 3 is 2.42 bits per heavy atom. The molecule has 4 heteroatoms. The normalized spacial score (nSPS) is 10.2. The molecule has 0 spiro atoms. The van der Waals surface area contributed by atoms with Crippen LogP contribution < -0.4 is 4.74 Å². The summed E-state index contributed by atoms with van der Waals surface area (Å²) in [5.74, 6) is 0.573. The van der Waals surface area contributed by atoms with Gasteiger partial charge in [0.25, 0.3) is 0 Å². The fraction of sp³-hybridized carbons (Fsp3) is 0.250. The summed E-state index contributed by atoms with van der Waals surface area (Å²) in [7, 11) is -1.00. The van der Waals surface area contributed by atoms with Crippen LogP contribution in [-0.2, 0) is 10.7 Å². The minimum Gasteiger partial charge on any atom is -0.497 e. The van der Waals surface area contributed by atoms with E-state index < -0.39 is 10.7 Å². The van der Waals surface area contributed by atoms with Crippen molar-refractivity contribution in [1.29, 1.82) is 0 Å². The van der Waals surface area contributed by atoms with E-state index in [1.807, 2.05) is 6.92 Å². The van der Waals surface area contributed by atoms with Crippen molar-refractivity contribution in [3.8, 4) is 5.75 Å². The largest absolute Gasteiger partial charge is 0.497 e. The highest BCUT2D eigenvalue weighted by Crippen LogP contribution is 2.16. The highest BCUT2D eigenvalue weighted by Gasteiger charge is 1.99. The van der Waals surface area contributed by atoms with E-state index in [2.05, 4.69) is 0 Å². The van der Waals surface area contributed by atoms with Crippen LogP contribution in [0.3, 0.4) is 0 Å². The van der Waals surface area contributed by atoms with Crippen molar-refractivity contribution in [2.24, 2.45) is 0 Å². The first-order valence-electron chi connectivity index (χ1n) is 3.43. The molecular weight excluding hydrogens is 176 g/mol. The van der Waals surface area contributed by atoms with Crippen molar-refractivity contribution in [2.45, 2.75) is 11.8 Å². The summed E-state index contributed by atoms with van der Waals surface area (Å²) in [5.41, 5.74) is 0.878. The molecule has 0 unspecified atom stereocenters. The Morgan fingerprint density at radius 2 is 1.92 bits per heavy atom. The predicted molar refractivity (Wildman–Crippen MR) is 46.3 cm³/mol. The average Bonchev–Trinajstić information content (AvgIpc) is 2.03. The van der Waals surface area contributed by atoms with Gasteiger partial charge in [0.1, 0.15) is 5.75 Å². The number of rotatable bonds is 2. The number of hydrogen-bond acceptors (Lipinski definition) is 3. The van der Waals surface area contributed by atoms with Gasteiger partial charge in [0.05, 0.1) is 12.0 Å². The van der Waals surface area contributed by atoms with E-state index in [9.17, 15) is 8.42 Å². The third-order valence-electron chi connectivity index (χ3n) is 1.48. The van der Waals surface area contributed by atoms with Crippen molar-refractivity contribution in [3.05, 3.63) is 23.8 Å². The first kappa shape index (κ1) is 9.06. The number of ether oxygens (including phenoxy) is 1. The minimum absolute atomic E-state index is 0.293. The zero-order valence-electron chi connectivity index (χ0n) is 6.90. The summed E-state index contributed by atoms with van der Waals surface area (Å²) in [6, 6.07) is 4.88. The average molecular weight is 186 g/mol. The van der Waals surface area contributed by atoms with Crippen molar-refractivity contribution < 1.29 is 13.2 Å². The van der Waals surface area contributed by atoms with Crippen LogP contribution >= 0.6 is 0 Å². The molecule has 0 amide bonds. The van der Waals surface area contributed by atoms with Gasteiger partial charge in [-0.3, -0.25) is 0 Å². The zero-order chi connectivity index (χ0) is 9.14. The molecule has 0 aromatic heterocycles. The van der Waals surface area contributed by atoms with Gasteiger partial charge in [-0.15, -0.1) is 0 Å². The Bertz CT molecular complexity index is 347. The van der Waals surface area contributed by atoms with E-state index in [-0.39, 0.29) is 0 Å². The fourth-order valence-corrected chi connectivity index (χ4v) is 1.49. The highest BCUT2D eigenvalue weighted by molar-refractivity contribution is 7.72. The molecule has 1 aromatic rings. The van der Waals surface area contributed by atoms with Crippen LogP contribution in [0.1, 0.15) is 5.56 Å². The second kappa shape index (κ2) is 3.58. The second-order valence-electron chi connectivity index (χ2n) is 2.47. The smallest absolute Gasteiger partial charge is 0.168 e. The Labute approximate surface area is 72.9 Å². The van der Waals surface area contributed by atoms with Crippen LogP contribution in [0.15, 0.2) is 23.1 Å². The van der Waals surface area contributed by atoms with Crippen LogP contribution in [0.25, 0.3) is 0 Å². The van der Waals surface area contributed by atoms with Gasteiger partial charge in [-0.2, -0.15) is 0 Å². The predicted octanol–water partition coefficient (Wildman–Crippen LogP) is 0.974. The molecule has 1 aromatic carbocycles. The van der Waals surface area contributed by atoms with E-state index in [1.54, 1.807) is 12.1 Å². The van der Waals surface area contributed by atoms with Gasteiger partial charge in [-0.05, 0) is 30.7 Å². The number of hydrogen-bond donors (Lipinski definition) is 1. The second-order valence-corrected chi connectivity index (χ2v) is 3.50. The molecule has 12 heavy (non-hydrogen) atoms. The lowest BCUT2D eigenvalue weighted by atomic mass is 10.2. The van der Waals surface area contributed by atoms with Gasteiger partial charge < -0.3 is 4.74 Å². The number of methoxy groups -OCH3 is 1. The van der Waals surface area contributed by atoms with Gasteiger partial charge >= 0.3 is 0 Å². The maximum Gasteiger partial charge on any atom is 0.168 e. The molecule has 0 aliphatic heterocycles. The van der Waals surface area contributed by atoms with E-state index in [4.69, 9.17) is 4.74 Å². The Morgan fingerprint density at radius 1 is 1.25 bits per heavy atom. The van der Waals surface area contributed by atoms with Gasteiger partial charge in [0.2, 0.25) is 0 Å². The highest BCUT2D eigenvalue weighted by atomic mass is 32.2. The molecule has 0 bridgehead atoms. The van der Waals surface area contributed by atoms with Crippen molar-refractivity contribution in [2.75, 3.05) is 7.11 Å². The van der Waals surface area contributed by atoms with Crippen molar-refractivity contribution in [1.82, 2.24) is 0 Å². The molecule has 0 saturated heterocycles. The number of benzene rings is 1.